The fourth-order valence-corrected chi connectivity index (χ4v) is 5.90. The Hall–Kier alpha value is -4.37. The van der Waals surface area contributed by atoms with Crippen LogP contribution in [0.1, 0.15) is 53.6 Å². The number of methoxy groups -OCH3 is 2. The third-order valence-corrected chi connectivity index (χ3v) is 8.05. The third-order valence-electron chi connectivity index (χ3n) is 8.05. The molecule has 9 heteroatoms. The Labute approximate surface area is 232 Å². The van der Waals surface area contributed by atoms with E-state index in [2.05, 4.69) is 14.7 Å². The van der Waals surface area contributed by atoms with Crippen molar-refractivity contribution in [3.63, 3.8) is 0 Å². The van der Waals surface area contributed by atoms with E-state index in [9.17, 15) is 9.90 Å². The van der Waals surface area contributed by atoms with Gasteiger partial charge in [0.05, 0.1) is 48.4 Å². The van der Waals surface area contributed by atoms with E-state index in [0.717, 1.165) is 70.6 Å². The van der Waals surface area contributed by atoms with E-state index in [-0.39, 0.29) is 17.9 Å². The van der Waals surface area contributed by atoms with Gasteiger partial charge in [-0.05, 0) is 62.9 Å². The largest absolute Gasteiger partial charge is 0.496 e. The van der Waals surface area contributed by atoms with Crippen molar-refractivity contribution < 1.29 is 19.4 Å². The summed E-state index contributed by atoms with van der Waals surface area (Å²) in [5.41, 5.74) is 5.51. The molecule has 9 nitrogen and oxygen atoms in total. The standard InChI is InChI=1S/C31H33N5O4/c1-18-29-28(34-30(36(29)15-14-32-18)19-8-11-21(37)12-9-19)20-10-13-23(27(16-20)40-4)33-31(38)25-17-22-24(35(25)2)6-5-7-26(22)39-3/h5-7,10,13-17,19,21,37H,8-9,11-12H2,1-4H3,(H,33,38). The first kappa shape index (κ1) is 25.9. The lowest BCUT2D eigenvalue weighted by Crippen LogP contribution is -2.18. The number of aromatic nitrogens is 4. The number of fused-ring (bicyclic) bond motifs is 2. The molecule has 6 rings (SSSR count). The lowest BCUT2D eigenvalue weighted by atomic mass is 9.87. The number of ether oxygens (including phenoxy) is 2. The molecule has 0 spiro atoms. The zero-order valence-corrected chi connectivity index (χ0v) is 23.1. The summed E-state index contributed by atoms with van der Waals surface area (Å²) in [6.07, 6.45) is 6.90. The minimum absolute atomic E-state index is 0.228. The van der Waals surface area contributed by atoms with Crippen LogP contribution >= 0.6 is 0 Å². The summed E-state index contributed by atoms with van der Waals surface area (Å²) >= 11 is 0. The number of nitrogens with zero attached hydrogens (tertiary/aromatic N) is 4. The number of carbonyl (C=O) groups excluding carboxylic acids is 1. The highest BCUT2D eigenvalue weighted by Crippen LogP contribution is 2.38. The summed E-state index contributed by atoms with van der Waals surface area (Å²) in [6, 6.07) is 13.3. The Kier molecular flexibility index (Phi) is 6.67. The maximum Gasteiger partial charge on any atom is 0.272 e. The van der Waals surface area contributed by atoms with E-state index in [4.69, 9.17) is 14.5 Å². The number of anilines is 1. The van der Waals surface area contributed by atoms with Crippen molar-refractivity contribution in [1.82, 2.24) is 18.9 Å². The highest BCUT2D eigenvalue weighted by molar-refractivity contribution is 6.08. The average molecular weight is 540 g/mol. The Bertz CT molecular complexity index is 1730. The number of aliphatic hydroxyl groups is 1. The van der Waals surface area contributed by atoms with Gasteiger partial charge in [0.2, 0.25) is 0 Å². The molecule has 1 amide bonds. The normalized spacial score (nSPS) is 17.3. The van der Waals surface area contributed by atoms with E-state index in [1.807, 2.05) is 67.2 Å². The van der Waals surface area contributed by atoms with Crippen LogP contribution in [-0.4, -0.2) is 50.3 Å². The highest BCUT2D eigenvalue weighted by Gasteiger charge is 2.27. The Balaban J connectivity index is 1.35. The van der Waals surface area contributed by atoms with E-state index in [1.54, 1.807) is 20.4 Å². The van der Waals surface area contributed by atoms with Gasteiger partial charge in [0.25, 0.3) is 5.91 Å². The number of nitrogens with one attached hydrogen (secondary N) is 1. The fraction of sp³-hybridized carbons (Fsp3) is 0.323. The molecule has 0 aliphatic heterocycles. The first-order valence-corrected chi connectivity index (χ1v) is 13.5. The molecule has 0 bridgehead atoms. The predicted molar refractivity (Wildman–Crippen MR) is 154 cm³/mol. The second kappa shape index (κ2) is 10.3. The second-order valence-electron chi connectivity index (χ2n) is 10.4. The van der Waals surface area contributed by atoms with Crippen LogP contribution in [-0.2, 0) is 7.05 Å². The van der Waals surface area contributed by atoms with Gasteiger partial charge < -0.3 is 24.5 Å². The number of aliphatic hydroxyl groups excluding tert-OH is 1. The number of aryl methyl sites for hydroxylation is 2. The number of hydrogen-bond acceptors (Lipinski definition) is 6. The summed E-state index contributed by atoms with van der Waals surface area (Å²) < 4.78 is 15.2. The summed E-state index contributed by atoms with van der Waals surface area (Å²) in [5, 5.41) is 13.9. The molecule has 206 valence electrons. The summed E-state index contributed by atoms with van der Waals surface area (Å²) in [4.78, 5) is 23.0. The molecule has 5 aromatic rings. The Morgan fingerprint density at radius 1 is 1.05 bits per heavy atom. The Morgan fingerprint density at radius 2 is 1.82 bits per heavy atom. The molecule has 1 fully saturated rings. The van der Waals surface area contributed by atoms with Crippen LogP contribution in [0.15, 0.2) is 54.9 Å². The molecule has 3 heterocycles. The molecule has 1 aliphatic rings. The van der Waals surface area contributed by atoms with Crippen LogP contribution in [0.5, 0.6) is 11.5 Å². The van der Waals surface area contributed by atoms with E-state index < -0.39 is 0 Å². The molecule has 2 aromatic carbocycles. The van der Waals surface area contributed by atoms with Gasteiger partial charge in [0.15, 0.2) is 0 Å². The number of imidazole rings is 1. The van der Waals surface area contributed by atoms with Gasteiger partial charge >= 0.3 is 0 Å². The molecule has 3 aromatic heterocycles. The lowest BCUT2D eigenvalue weighted by Gasteiger charge is -2.24. The van der Waals surface area contributed by atoms with Crippen LogP contribution < -0.4 is 14.8 Å². The monoisotopic (exact) mass is 539 g/mol. The number of rotatable bonds is 6. The molecular weight excluding hydrogens is 506 g/mol. The van der Waals surface area contributed by atoms with Crippen LogP contribution in [0.4, 0.5) is 5.69 Å². The number of benzene rings is 2. The van der Waals surface area contributed by atoms with E-state index >= 15 is 0 Å². The molecule has 2 N–H and O–H groups in total. The average Bonchev–Trinajstić information content (AvgIpc) is 3.53. The minimum Gasteiger partial charge on any atom is -0.496 e. The molecule has 0 unspecified atom stereocenters. The lowest BCUT2D eigenvalue weighted by molar-refractivity contribution is 0.101. The van der Waals surface area contributed by atoms with Gasteiger partial charge in [-0.25, -0.2) is 4.98 Å². The van der Waals surface area contributed by atoms with Crippen LogP contribution in [0.25, 0.3) is 27.7 Å². The van der Waals surface area contributed by atoms with Gasteiger partial charge in [-0.1, -0.05) is 12.1 Å². The summed E-state index contributed by atoms with van der Waals surface area (Å²) in [7, 11) is 5.08. The third kappa shape index (κ3) is 4.36. The maximum absolute atomic E-state index is 13.4. The predicted octanol–water partition coefficient (Wildman–Crippen LogP) is 5.48. The van der Waals surface area contributed by atoms with Crippen molar-refractivity contribution in [3.8, 4) is 22.8 Å². The summed E-state index contributed by atoms with van der Waals surface area (Å²) in [5.74, 6) is 2.26. The van der Waals surface area contributed by atoms with Gasteiger partial charge in [0.1, 0.15) is 23.0 Å². The van der Waals surface area contributed by atoms with E-state index in [1.165, 1.54) is 0 Å². The van der Waals surface area contributed by atoms with Crippen molar-refractivity contribution in [2.24, 2.45) is 7.05 Å². The quantitative estimate of drug-likeness (QED) is 0.296. The van der Waals surface area contributed by atoms with Crippen molar-refractivity contribution >= 4 is 28.0 Å². The number of carbonyl (C=O) groups is 1. The van der Waals surface area contributed by atoms with Crippen molar-refractivity contribution in [1.29, 1.82) is 0 Å². The van der Waals surface area contributed by atoms with Crippen LogP contribution in [0, 0.1) is 6.92 Å². The Morgan fingerprint density at radius 3 is 2.58 bits per heavy atom. The summed E-state index contributed by atoms with van der Waals surface area (Å²) in [6.45, 7) is 1.99. The molecule has 40 heavy (non-hydrogen) atoms. The van der Waals surface area contributed by atoms with Gasteiger partial charge in [-0.2, -0.15) is 0 Å². The van der Waals surface area contributed by atoms with Crippen molar-refractivity contribution in [2.75, 3.05) is 19.5 Å². The van der Waals surface area contributed by atoms with E-state index in [0.29, 0.717) is 17.1 Å². The second-order valence-corrected chi connectivity index (χ2v) is 10.4. The topological polar surface area (TPSA) is 103 Å². The zero-order chi connectivity index (χ0) is 28.0. The highest BCUT2D eigenvalue weighted by atomic mass is 16.5. The number of amides is 1. The molecule has 1 saturated carbocycles. The number of hydrogen-bond donors (Lipinski definition) is 2. The minimum atomic E-state index is -0.249. The van der Waals surface area contributed by atoms with Crippen molar-refractivity contribution in [3.05, 3.63) is 72.1 Å². The molecule has 0 saturated heterocycles. The van der Waals surface area contributed by atoms with Crippen LogP contribution in [0.3, 0.4) is 0 Å². The molecule has 0 radical (unpaired) electrons. The van der Waals surface area contributed by atoms with Gasteiger partial charge in [-0.3, -0.25) is 14.2 Å². The van der Waals surface area contributed by atoms with Gasteiger partial charge in [0, 0.05) is 36.3 Å². The SMILES string of the molecule is COc1cc(-c2nc(C3CCC(O)CC3)n3ccnc(C)c23)ccc1NC(=O)c1cc2c(OC)cccc2n1C. The molecule has 0 atom stereocenters. The zero-order valence-electron chi connectivity index (χ0n) is 23.1. The molecular formula is C31H33N5O4. The maximum atomic E-state index is 13.4. The first-order valence-electron chi connectivity index (χ1n) is 13.5. The molecule has 1 aliphatic carbocycles. The smallest absolute Gasteiger partial charge is 0.272 e. The van der Waals surface area contributed by atoms with Gasteiger partial charge in [-0.15, -0.1) is 0 Å². The van der Waals surface area contributed by atoms with Crippen molar-refractivity contribution in [2.45, 2.75) is 44.6 Å². The van der Waals surface area contributed by atoms with Crippen LogP contribution in [0.2, 0.25) is 0 Å². The fourth-order valence-electron chi connectivity index (χ4n) is 5.90. The first-order chi connectivity index (χ1) is 19.4.